The van der Waals surface area contributed by atoms with Gasteiger partial charge in [0, 0.05) is 17.5 Å². The molecule has 2 rings (SSSR count). The summed E-state index contributed by atoms with van der Waals surface area (Å²) in [6, 6.07) is 7.64. The lowest BCUT2D eigenvalue weighted by Gasteiger charge is -2.27. The molecular weight excluding hydrogens is 234 g/mol. The van der Waals surface area contributed by atoms with Crippen molar-refractivity contribution in [2.45, 2.75) is 26.4 Å². The molecule has 1 saturated heterocycles. The maximum Gasteiger partial charge on any atom is 0.119 e. The third-order valence-corrected chi connectivity index (χ3v) is 3.56. The summed E-state index contributed by atoms with van der Waals surface area (Å²) in [5.41, 5.74) is 0. The second kappa shape index (κ2) is 5.74. The van der Waals surface area contributed by atoms with Crippen LogP contribution in [0.4, 0.5) is 0 Å². The Morgan fingerprint density at radius 1 is 1.29 bits per heavy atom. The first-order chi connectivity index (χ1) is 8.16. The van der Waals surface area contributed by atoms with Crippen LogP contribution in [-0.2, 0) is 0 Å². The first kappa shape index (κ1) is 12.7. The Balaban J connectivity index is 2.04. The summed E-state index contributed by atoms with van der Waals surface area (Å²) in [7, 11) is 0. The standard InChI is InChI=1S/C14H20ClNO/c1-10(2)14(11-7-8-16-9-11)17-13-5-3-12(15)4-6-13/h3-6,10-11,14,16H,7-9H2,1-2H3/t11-,14+/m1/s1. The molecule has 0 aromatic heterocycles. The van der Waals surface area contributed by atoms with Crippen molar-refractivity contribution in [3.05, 3.63) is 29.3 Å². The number of hydrogen-bond donors (Lipinski definition) is 1. The van der Waals surface area contributed by atoms with Crippen LogP contribution in [0.15, 0.2) is 24.3 Å². The van der Waals surface area contributed by atoms with E-state index in [1.165, 1.54) is 6.42 Å². The summed E-state index contributed by atoms with van der Waals surface area (Å²) in [5.74, 6) is 2.06. The lowest BCUT2D eigenvalue weighted by molar-refractivity contribution is 0.0973. The van der Waals surface area contributed by atoms with E-state index in [1.807, 2.05) is 24.3 Å². The zero-order chi connectivity index (χ0) is 12.3. The molecule has 0 spiro atoms. The molecule has 1 aromatic rings. The predicted octanol–water partition coefficient (Wildman–Crippen LogP) is 3.35. The molecule has 1 fully saturated rings. The highest BCUT2D eigenvalue weighted by Crippen LogP contribution is 2.25. The molecular formula is C14H20ClNO. The molecule has 2 nitrogen and oxygen atoms in total. The van der Waals surface area contributed by atoms with Gasteiger partial charge in [0.15, 0.2) is 0 Å². The van der Waals surface area contributed by atoms with Crippen LogP contribution in [0.1, 0.15) is 20.3 Å². The molecule has 0 radical (unpaired) electrons. The van der Waals surface area contributed by atoms with Crippen LogP contribution in [0.3, 0.4) is 0 Å². The van der Waals surface area contributed by atoms with Gasteiger partial charge in [0.1, 0.15) is 11.9 Å². The van der Waals surface area contributed by atoms with E-state index >= 15 is 0 Å². The van der Waals surface area contributed by atoms with Crippen LogP contribution in [0.2, 0.25) is 5.02 Å². The molecule has 0 unspecified atom stereocenters. The zero-order valence-electron chi connectivity index (χ0n) is 10.4. The second-order valence-corrected chi connectivity index (χ2v) is 5.47. The van der Waals surface area contributed by atoms with Crippen LogP contribution in [-0.4, -0.2) is 19.2 Å². The lowest BCUT2D eigenvalue weighted by Crippen LogP contribution is -2.33. The van der Waals surface area contributed by atoms with Crippen LogP contribution < -0.4 is 10.1 Å². The van der Waals surface area contributed by atoms with Crippen LogP contribution in [0, 0.1) is 11.8 Å². The summed E-state index contributed by atoms with van der Waals surface area (Å²) >= 11 is 5.87. The van der Waals surface area contributed by atoms with Crippen molar-refractivity contribution < 1.29 is 4.74 Å². The Morgan fingerprint density at radius 3 is 2.53 bits per heavy atom. The van der Waals surface area contributed by atoms with Crippen molar-refractivity contribution in [2.75, 3.05) is 13.1 Å². The highest BCUT2D eigenvalue weighted by molar-refractivity contribution is 6.30. The highest BCUT2D eigenvalue weighted by atomic mass is 35.5. The SMILES string of the molecule is CC(C)[C@H](Oc1ccc(Cl)cc1)[C@@H]1CCNC1. The van der Waals surface area contributed by atoms with E-state index in [2.05, 4.69) is 19.2 Å². The Morgan fingerprint density at radius 2 is 2.00 bits per heavy atom. The lowest BCUT2D eigenvalue weighted by atomic mass is 9.92. The molecule has 1 N–H and O–H groups in total. The quantitative estimate of drug-likeness (QED) is 0.889. The van der Waals surface area contributed by atoms with Crippen molar-refractivity contribution in [3.63, 3.8) is 0 Å². The van der Waals surface area contributed by atoms with Crippen LogP contribution in [0.5, 0.6) is 5.75 Å². The van der Waals surface area contributed by atoms with Gasteiger partial charge >= 0.3 is 0 Å². The zero-order valence-corrected chi connectivity index (χ0v) is 11.2. The smallest absolute Gasteiger partial charge is 0.119 e. The van der Waals surface area contributed by atoms with Crippen LogP contribution >= 0.6 is 11.6 Å². The van der Waals surface area contributed by atoms with Crippen molar-refractivity contribution >= 4 is 11.6 Å². The monoisotopic (exact) mass is 253 g/mol. The number of rotatable bonds is 4. The minimum Gasteiger partial charge on any atom is -0.490 e. The van der Waals surface area contributed by atoms with Gasteiger partial charge < -0.3 is 10.1 Å². The van der Waals surface area contributed by atoms with E-state index in [-0.39, 0.29) is 6.10 Å². The minimum atomic E-state index is 0.283. The predicted molar refractivity (Wildman–Crippen MR) is 71.7 cm³/mol. The maximum absolute atomic E-state index is 6.12. The molecule has 94 valence electrons. The fourth-order valence-corrected chi connectivity index (χ4v) is 2.53. The Kier molecular flexibility index (Phi) is 4.30. The average Bonchev–Trinajstić information content (AvgIpc) is 2.81. The number of hydrogen-bond acceptors (Lipinski definition) is 2. The molecule has 1 aliphatic heterocycles. The van der Waals surface area contributed by atoms with E-state index in [4.69, 9.17) is 16.3 Å². The first-order valence-corrected chi connectivity index (χ1v) is 6.67. The van der Waals surface area contributed by atoms with Crippen molar-refractivity contribution in [2.24, 2.45) is 11.8 Å². The maximum atomic E-state index is 6.12. The fraction of sp³-hybridized carbons (Fsp3) is 0.571. The molecule has 3 heteroatoms. The summed E-state index contributed by atoms with van der Waals surface area (Å²) < 4.78 is 6.12. The summed E-state index contributed by atoms with van der Waals surface area (Å²) in [5, 5.41) is 4.15. The van der Waals surface area contributed by atoms with Gasteiger partial charge in [-0.2, -0.15) is 0 Å². The topological polar surface area (TPSA) is 21.3 Å². The average molecular weight is 254 g/mol. The molecule has 0 aliphatic carbocycles. The normalized spacial score (nSPS) is 21.8. The highest BCUT2D eigenvalue weighted by Gasteiger charge is 2.28. The van der Waals surface area contributed by atoms with Gasteiger partial charge in [0.05, 0.1) is 0 Å². The molecule has 0 amide bonds. The van der Waals surface area contributed by atoms with Gasteiger partial charge in [0.25, 0.3) is 0 Å². The molecule has 1 aromatic carbocycles. The number of nitrogens with one attached hydrogen (secondary N) is 1. The third kappa shape index (κ3) is 3.36. The number of ether oxygens (including phenoxy) is 1. The minimum absolute atomic E-state index is 0.283. The van der Waals surface area contributed by atoms with Gasteiger partial charge in [-0.15, -0.1) is 0 Å². The van der Waals surface area contributed by atoms with E-state index < -0.39 is 0 Å². The van der Waals surface area contributed by atoms with Gasteiger partial charge in [-0.3, -0.25) is 0 Å². The van der Waals surface area contributed by atoms with E-state index in [0.717, 1.165) is 23.9 Å². The summed E-state index contributed by atoms with van der Waals surface area (Å²) in [4.78, 5) is 0. The summed E-state index contributed by atoms with van der Waals surface area (Å²) in [6.07, 6.45) is 1.49. The van der Waals surface area contributed by atoms with Gasteiger partial charge in [-0.1, -0.05) is 25.4 Å². The van der Waals surface area contributed by atoms with Crippen molar-refractivity contribution in [1.29, 1.82) is 0 Å². The van der Waals surface area contributed by atoms with Crippen molar-refractivity contribution in [1.82, 2.24) is 5.32 Å². The van der Waals surface area contributed by atoms with Gasteiger partial charge in [-0.25, -0.2) is 0 Å². The molecule has 2 atom stereocenters. The van der Waals surface area contributed by atoms with Crippen LogP contribution in [0.25, 0.3) is 0 Å². The Hall–Kier alpha value is -0.730. The summed E-state index contributed by atoms with van der Waals surface area (Å²) in [6.45, 7) is 6.62. The number of halogens is 1. The molecule has 1 heterocycles. The largest absolute Gasteiger partial charge is 0.490 e. The van der Waals surface area contributed by atoms with E-state index in [1.54, 1.807) is 0 Å². The fourth-order valence-electron chi connectivity index (χ4n) is 2.40. The molecule has 0 bridgehead atoms. The Labute approximate surface area is 108 Å². The molecule has 0 saturated carbocycles. The van der Waals surface area contributed by atoms with Gasteiger partial charge in [-0.05, 0) is 43.1 Å². The first-order valence-electron chi connectivity index (χ1n) is 6.30. The second-order valence-electron chi connectivity index (χ2n) is 5.03. The molecule has 17 heavy (non-hydrogen) atoms. The third-order valence-electron chi connectivity index (χ3n) is 3.31. The van der Waals surface area contributed by atoms with Crippen molar-refractivity contribution in [3.8, 4) is 5.75 Å². The Bertz CT molecular complexity index is 344. The van der Waals surface area contributed by atoms with E-state index in [9.17, 15) is 0 Å². The van der Waals surface area contributed by atoms with Gasteiger partial charge in [0.2, 0.25) is 0 Å². The molecule has 1 aliphatic rings. The van der Waals surface area contributed by atoms with E-state index in [0.29, 0.717) is 11.8 Å². The number of benzene rings is 1.